The first-order valence-corrected chi connectivity index (χ1v) is 15.7. The maximum absolute atomic E-state index is 13.2. The fraction of sp³-hybridized carbons (Fsp3) is 0.300. The van der Waals surface area contributed by atoms with E-state index in [1.54, 1.807) is 42.0 Å². The number of benzene rings is 2. The molecule has 0 spiro atoms. The standard InChI is InChI=1S/C20H12F9.C10H12OSi.2ClH.Zr/c1-11-9-13-3-2-4-15(16(13)10-11)12-5-7-14(8-6-12)17(18(21,22)23,19(24,25)26)20(27,28)29;1-6-9-7-4-5-11-8(7)10(6)12(9,2)3;;;/h2-10H,1H3;4-5,10H,1-3H3;2*1H;/q-1;;;;+3/p-2. The Morgan fingerprint density at radius 1 is 0.750 bits per heavy atom. The molecular formula is C30H24Cl2F9OSiZr. The Hall–Kier alpha value is -1.88. The van der Waals surface area contributed by atoms with Crippen molar-refractivity contribution in [3.8, 4) is 11.1 Å². The van der Waals surface area contributed by atoms with Crippen LogP contribution in [0.25, 0.3) is 27.1 Å². The molecule has 44 heavy (non-hydrogen) atoms. The second-order valence-electron chi connectivity index (χ2n) is 11.1. The van der Waals surface area contributed by atoms with Gasteiger partial charge >= 0.3 is 44.7 Å². The van der Waals surface area contributed by atoms with Gasteiger partial charge in [-0.25, -0.2) is 0 Å². The number of rotatable bonds is 2. The minimum atomic E-state index is -6.63. The number of alkyl halides is 9. The maximum atomic E-state index is 13.2. The average molecular weight is 762 g/mol. The van der Waals surface area contributed by atoms with Crippen LogP contribution in [-0.4, -0.2) is 26.6 Å². The zero-order chi connectivity index (χ0) is 30.3. The van der Waals surface area contributed by atoms with Crippen LogP contribution in [0.5, 0.6) is 0 Å². The molecule has 3 aliphatic rings. The molecule has 1 radical (unpaired) electrons. The molecule has 4 aromatic rings. The number of hydrogen-bond donors (Lipinski definition) is 0. The molecule has 0 saturated heterocycles. The molecule has 235 valence electrons. The summed E-state index contributed by atoms with van der Waals surface area (Å²) in [6.45, 7) is 8.94. The first-order valence-electron chi connectivity index (χ1n) is 12.6. The molecule has 1 atom stereocenters. The number of allylic oxidation sites excluding steroid dienone is 1. The van der Waals surface area contributed by atoms with Gasteiger partial charge in [-0.1, -0.05) is 61.5 Å². The van der Waals surface area contributed by atoms with E-state index in [1.807, 2.05) is 12.3 Å². The van der Waals surface area contributed by atoms with Crippen molar-refractivity contribution in [3.63, 3.8) is 0 Å². The third-order valence-corrected chi connectivity index (χ3v) is 12.3. The third kappa shape index (κ3) is 5.56. The topological polar surface area (TPSA) is 13.1 Å². The average Bonchev–Trinajstić information content (AvgIpc) is 3.53. The van der Waals surface area contributed by atoms with Crippen LogP contribution < -0.4 is 24.8 Å². The Morgan fingerprint density at radius 2 is 1.30 bits per heavy atom. The minimum Gasteiger partial charge on any atom is -1.00 e. The molecule has 2 bridgehead atoms. The molecule has 7 rings (SSSR count). The predicted octanol–water partition coefficient (Wildman–Crippen LogP) is 4.42. The summed E-state index contributed by atoms with van der Waals surface area (Å²) >= 11 is 0. The van der Waals surface area contributed by atoms with E-state index >= 15 is 0 Å². The monoisotopic (exact) mass is 759 g/mol. The molecule has 2 aliphatic heterocycles. The Bertz CT molecular complexity index is 1630. The van der Waals surface area contributed by atoms with E-state index in [0.717, 1.165) is 23.1 Å². The number of aryl methyl sites for hydroxylation is 1. The van der Waals surface area contributed by atoms with Gasteiger partial charge in [0.25, 0.3) is 5.41 Å². The van der Waals surface area contributed by atoms with Gasteiger partial charge in [0.05, 0.1) is 14.3 Å². The van der Waals surface area contributed by atoms with Gasteiger partial charge in [0.2, 0.25) is 0 Å². The van der Waals surface area contributed by atoms with Gasteiger partial charge in [-0.05, 0) is 29.3 Å². The van der Waals surface area contributed by atoms with Gasteiger partial charge in [-0.2, -0.15) is 45.6 Å². The molecule has 0 N–H and O–H groups in total. The van der Waals surface area contributed by atoms with Crippen molar-refractivity contribution >= 4 is 24.0 Å². The van der Waals surface area contributed by atoms with E-state index < -0.39 is 37.6 Å². The summed E-state index contributed by atoms with van der Waals surface area (Å²) < 4.78 is 125. The van der Waals surface area contributed by atoms with Crippen molar-refractivity contribution in [3.05, 3.63) is 95.0 Å². The number of furan rings is 1. The first kappa shape index (κ1) is 38.3. The van der Waals surface area contributed by atoms with Crippen molar-refractivity contribution in [2.75, 3.05) is 0 Å². The number of hydrogen-bond acceptors (Lipinski definition) is 1. The van der Waals surface area contributed by atoms with Crippen molar-refractivity contribution in [1.82, 2.24) is 0 Å². The van der Waals surface area contributed by atoms with E-state index in [9.17, 15) is 39.5 Å². The molecular weight excluding hydrogens is 738 g/mol. The second-order valence-corrected chi connectivity index (χ2v) is 15.6. The van der Waals surface area contributed by atoms with Crippen molar-refractivity contribution in [1.29, 1.82) is 0 Å². The molecule has 3 aromatic carbocycles. The van der Waals surface area contributed by atoms with Gasteiger partial charge in [-0.3, -0.25) is 0 Å². The predicted molar refractivity (Wildman–Crippen MR) is 141 cm³/mol. The minimum absolute atomic E-state index is 0. The smallest absolute Gasteiger partial charge is 1.00 e. The van der Waals surface area contributed by atoms with Crippen molar-refractivity contribution in [2.45, 2.75) is 56.4 Å². The van der Waals surface area contributed by atoms with Crippen LogP contribution in [0.2, 0.25) is 13.1 Å². The summed E-state index contributed by atoms with van der Waals surface area (Å²) in [5.41, 5.74) is -2.63. The molecule has 1 unspecified atom stereocenters. The summed E-state index contributed by atoms with van der Waals surface area (Å²) in [6.07, 6.45) is -18.1. The van der Waals surface area contributed by atoms with Crippen LogP contribution in [0.1, 0.15) is 34.9 Å². The van der Waals surface area contributed by atoms with E-state index in [4.69, 9.17) is 4.42 Å². The van der Waals surface area contributed by atoms with E-state index in [1.165, 1.54) is 11.3 Å². The van der Waals surface area contributed by atoms with E-state index in [-0.39, 0.29) is 68.7 Å². The Kier molecular flexibility index (Phi) is 10.8. The summed E-state index contributed by atoms with van der Waals surface area (Å²) in [4.78, 5) is 0. The van der Waals surface area contributed by atoms with E-state index in [0.29, 0.717) is 16.5 Å². The first-order chi connectivity index (χ1) is 18.8. The van der Waals surface area contributed by atoms with Gasteiger partial charge in [0, 0.05) is 11.1 Å². The molecule has 0 fully saturated rings. The summed E-state index contributed by atoms with van der Waals surface area (Å²) in [5, 5.41) is 3.14. The van der Waals surface area contributed by atoms with E-state index in [2.05, 4.69) is 26.1 Å². The molecule has 1 aliphatic carbocycles. The Labute approximate surface area is 280 Å². The molecule has 0 amide bonds. The second kappa shape index (κ2) is 12.4. The Balaban J connectivity index is 0.000000376. The summed E-state index contributed by atoms with van der Waals surface area (Å²) in [5.74, 6) is 1.26. The Morgan fingerprint density at radius 3 is 1.77 bits per heavy atom. The fourth-order valence-corrected chi connectivity index (χ4v) is 10.8. The quantitative estimate of drug-likeness (QED) is 0.168. The van der Waals surface area contributed by atoms with Crippen LogP contribution in [0.3, 0.4) is 0 Å². The molecule has 1 aromatic heterocycles. The molecule has 0 saturated carbocycles. The summed E-state index contributed by atoms with van der Waals surface area (Å²) in [7, 11) is -1.08. The van der Waals surface area contributed by atoms with Crippen molar-refractivity contribution < 1.29 is 94.9 Å². The largest absolute Gasteiger partial charge is 3.00 e. The maximum Gasteiger partial charge on any atom is 3.00 e. The fourth-order valence-electron chi connectivity index (χ4n) is 6.60. The van der Waals surface area contributed by atoms with Gasteiger partial charge in [0.1, 0.15) is 5.76 Å². The van der Waals surface area contributed by atoms with Crippen LogP contribution in [0, 0.1) is 6.92 Å². The zero-order valence-corrected chi connectivity index (χ0v) is 28.5. The van der Waals surface area contributed by atoms with Crippen LogP contribution in [-0.2, 0) is 31.6 Å². The van der Waals surface area contributed by atoms with Crippen LogP contribution in [0.15, 0.2) is 76.9 Å². The normalized spacial score (nSPS) is 17.0. The van der Waals surface area contributed by atoms with Crippen molar-refractivity contribution in [2.24, 2.45) is 0 Å². The number of halogens is 11. The van der Waals surface area contributed by atoms with Gasteiger partial charge in [-0.15, -0.1) is 34.5 Å². The molecule has 14 heteroatoms. The van der Waals surface area contributed by atoms with Crippen LogP contribution >= 0.6 is 0 Å². The molecule has 3 heterocycles. The van der Waals surface area contributed by atoms with Gasteiger partial charge < -0.3 is 29.2 Å². The number of fused-ring (bicyclic) bond motifs is 1. The SMILES string of the molecule is CC1=C2c3ccoc3C1[Si]2(C)C.Cc1cc2c(-c3ccc(C(C(F)(F)F)(C(F)(F)F)C(F)(F)F)cc3)cccc2[cH-]1.[Cl-].[Cl-].[Zr+3]. The summed E-state index contributed by atoms with van der Waals surface area (Å²) in [6, 6.07) is 12.9. The zero-order valence-electron chi connectivity index (χ0n) is 23.5. The third-order valence-electron chi connectivity index (χ3n) is 8.22. The van der Waals surface area contributed by atoms with Crippen LogP contribution in [0.4, 0.5) is 39.5 Å². The van der Waals surface area contributed by atoms with Gasteiger partial charge in [0.15, 0.2) is 0 Å². The molecule has 1 nitrogen and oxygen atoms in total.